The lowest BCUT2D eigenvalue weighted by Crippen LogP contribution is -2.47. The molecule has 1 aromatic carbocycles. The maximum absolute atomic E-state index is 12.6. The van der Waals surface area contributed by atoms with Gasteiger partial charge in [-0.05, 0) is 37.4 Å². The van der Waals surface area contributed by atoms with Crippen LogP contribution in [-0.2, 0) is 0 Å². The number of rotatable bonds is 5. The topological polar surface area (TPSA) is 118 Å². The van der Waals surface area contributed by atoms with E-state index >= 15 is 0 Å². The highest BCUT2D eigenvalue weighted by atomic mass is 32.1. The van der Waals surface area contributed by atoms with E-state index in [1.165, 1.54) is 11.3 Å². The van der Waals surface area contributed by atoms with Crippen molar-refractivity contribution in [3.8, 4) is 10.8 Å². The Morgan fingerprint density at radius 3 is 2.48 bits per heavy atom. The maximum atomic E-state index is 12.6. The Labute approximate surface area is 171 Å². The number of aromatic nitrogens is 2. The number of nitrogens with zero attached hydrogens (tertiary/aromatic N) is 4. The number of benzene rings is 1. The van der Waals surface area contributed by atoms with Crippen LogP contribution in [0.2, 0.25) is 0 Å². The molecule has 0 bridgehead atoms. The van der Waals surface area contributed by atoms with Crippen LogP contribution in [0.25, 0.3) is 10.8 Å². The second-order valence-corrected chi connectivity index (χ2v) is 7.69. The summed E-state index contributed by atoms with van der Waals surface area (Å²) < 4.78 is 5.59. The molecule has 4 rings (SSSR count). The summed E-state index contributed by atoms with van der Waals surface area (Å²) in [4.78, 5) is 28.5. The minimum atomic E-state index is -0.503. The van der Waals surface area contributed by atoms with Gasteiger partial charge in [0.05, 0.1) is 10.4 Å². The zero-order chi connectivity index (χ0) is 20.4. The Morgan fingerprint density at radius 1 is 1.10 bits per heavy atom. The van der Waals surface area contributed by atoms with Crippen molar-refractivity contribution in [2.75, 3.05) is 38.5 Å². The average molecular weight is 412 g/mol. The quantitative estimate of drug-likeness (QED) is 0.658. The summed E-state index contributed by atoms with van der Waals surface area (Å²) in [6, 6.07) is 8.97. The van der Waals surface area contributed by atoms with Crippen LogP contribution < -0.4 is 11.1 Å². The highest BCUT2D eigenvalue weighted by Crippen LogP contribution is 2.28. The van der Waals surface area contributed by atoms with Crippen molar-refractivity contribution >= 4 is 34.9 Å². The molecule has 0 saturated carbocycles. The number of amides is 2. The summed E-state index contributed by atoms with van der Waals surface area (Å²) in [5.74, 6) is -0.170. The molecule has 3 aromatic rings. The normalized spacial score (nSPS) is 14.7. The summed E-state index contributed by atoms with van der Waals surface area (Å²) in [5, 5.41) is 12.6. The van der Waals surface area contributed by atoms with Gasteiger partial charge in [-0.15, -0.1) is 16.4 Å². The zero-order valence-corrected chi connectivity index (χ0v) is 16.6. The number of nitrogens with one attached hydrogen (secondary N) is 1. The molecule has 2 amide bonds. The number of primary amides is 1. The molecule has 1 aliphatic rings. The molecule has 0 atom stereocenters. The number of carbonyl (C=O) groups excluding carboxylic acids is 2. The van der Waals surface area contributed by atoms with Crippen LogP contribution in [0.15, 0.2) is 40.1 Å². The van der Waals surface area contributed by atoms with E-state index in [4.69, 9.17) is 10.2 Å². The van der Waals surface area contributed by atoms with Crippen molar-refractivity contribution in [1.82, 2.24) is 20.0 Å². The largest absolute Gasteiger partial charge is 0.402 e. The van der Waals surface area contributed by atoms with Gasteiger partial charge in [-0.25, -0.2) is 0 Å². The van der Waals surface area contributed by atoms with Gasteiger partial charge in [-0.1, -0.05) is 5.10 Å². The van der Waals surface area contributed by atoms with E-state index in [1.54, 1.807) is 35.7 Å². The molecule has 3 N–H and O–H groups in total. The average Bonchev–Trinajstić information content (AvgIpc) is 3.38. The first-order valence-corrected chi connectivity index (χ1v) is 9.94. The fraction of sp³-hybridized carbons (Fsp3) is 0.263. The minimum absolute atomic E-state index is 0.0349. The van der Waals surface area contributed by atoms with Gasteiger partial charge in [0.15, 0.2) is 0 Å². The van der Waals surface area contributed by atoms with Crippen LogP contribution in [0, 0.1) is 0 Å². The Bertz CT molecular complexity index is 1020. The molecule has 1 fully saturated rings. The number of anilines is 2. The fourth-order valence-electron chi connectivity index (χ4n) is 2.96. The summed E-state index contributed by atoms with van der Waals surface area (Å²) >= 11 is 1.30. The van der Waals surface area contributed by atoms with Gasteiger partial charge < -0.3 is 25.3 Å². The van der Waals surface area contributed by atoms with E-state index in [0.29, 0.717) is 21.9 Å². The second-order valence-electron chi connectivity index (χ2n) is 6.77. The minimum Gasteiger partial charge on any atom is -0.402 e. The predicted molar refractivity (Wildman–Crippen MR) is 109 cm³/mol. The predicted octanol–water partition coefficient (Wildman–Crippen LogP) is 2.03. The summed E-state index contributed by atoms with van der Waals surface area (Å²) in [5.41, 5.74) is 7.02. The van der Waals surface area contributed by atoms with Crippen molar-refractivity contribution in [3.05, 3.63) is 46.8 Å². The molecule has 150 valence electrons. The summed E-state index contributed by atoms with van der Waals surface area (Å²) in [6.07, 6.45) is 0. The van der Waals surface area contributed by atoms with E-state index in [2.05, 4.69) is 27.5 Å². The molecule has 0 spiro atoms. The highest BCUT2D eigenvalue weighted by Gasteiger charge is 2.20. The Morgan fingerprint density at radius 2 is 1.83 bits per heavy atom. The molecule has 10 heteroatoms. The van der Waals surface area contributed by atoms with Crippen LogP contribution in [-0.4, -0.2) is 65.0 Å². The molecule has 0 aliphatic carbocycles. The van der Waals surface area contributed by atoms with Gasteiger partial charge in [0.2, 0.25) is 5.91 Å². The second kappa shape index (κ2) is 8.02. The van der Waals surface area contributed by atoms with E-state index in [0.717, 1.165) is 31.9 Å². The highest BCUT2D eigenvalue weighted by molar-refractivity contribution is 7.13. The lowest BCUT2D eigenvalue weighted by molar-refractivity contribution is 0.0664. The van der Waals surface area contributed by atoms with Crippen LogP contribution in [0.4, 0.5) is 11.7 Å². The Hall–Kier alpha value is -3.24. The molecule has 29 heavy (non-hydrogen) atoms. The number of piperazine rings is 1. The SMILES string of the molecule is CN1CCN(C(=O)c2ccc(Nc3nnc(-c4cc(C(N)=O)cs4)o3)cc2)CC1. The van der Waals surface area contributed by atoms with Gasteiger partial charge >= 0.3 is 6.01 Å². The smallest absolute Gasteiger partial charge is 0.320 e. The van der Waals surface area contributed by atoms with Gasteiger partial charge in [-0.3, -0.25) is 9.59 Å². The van der Waals surface area contributed by atoms with Crippen LogP contribution >= 0.6 is 11.3 Å². The van der Waals surface area contributed by atoms with Crippen LogP contribution in [0.1, 0.15) is 20.7 Å². The van der Waals surface area contributed by atoms with Crippen LogP contribution in [0.3, 0.4) is 0 Å². The fourth-order valence-corrected chi connectivity index (χ4v) is 3.78. The molecule has 2 aromatic heterocycles. The summed E-state index contributed by atoms with van der Waals surface area (Å²) in [6.45, 7) is 3.24. The number of hydrogen-bond acceptors (Lipinski definition) is 8. The van der Waals surface area contributed by atoms with Crippen molar-refractivity contribution in [1.29, 1.82) is 0 Å². The third kappa shape index (κ3) is 4.28. The van der Waals surface area contributed by atoms with E-state index in [9.17, 15) is 9.59 Å². The molecular formula is C19H20N6O3S. The van der Waals surface area contributed by atoms with Crippen molar-refractivity contribution < 1.29 is 14.0 Å². The van der Waals surface area contributed by atoms with Gasteiger partial charge in [0.1, 0.15) is 0 Å². The van der Waals surface area contributed by atoms with Gasteiger partial charge in [0.25, 0.3) is 11.8 Å². The number of thiophene rings is 1. The van der Waals surface area contributed by atoms with E-state index in [1.807, 2.05) is 4.90 Å². The Balaban J connectivity index is 1.40. The lowest BCUT2D eigenvalue weighted by Gasteiger charge is -2.32. The standard InChI is InChI=1S/C19H20N6O3S/c1-24-6-8-25(9-7-24)18(27)12-2-4-14(5-3-12)21-19-23-22-17(28-19)15-10-13(11-29-15)16(20)26/h2-5,10-11H,6-9H2,1H3,(H2,20,26)(H,21,23). The monoisotopic (exact) mass is 412 g/mol. The molecule has 3 heterocycles. The van der Waals surface area contributed by atoms with Crippen LogP contribution in [0.5, 0.6) is 0 Å². The van der Waals surface area contributed by atoms with Crippen molar-refractivity contribution in [2.24, 2.45) is 5.73 Å². The van der Waals surface area contributed by atoms with Crippen molar-refractivity contribution in [2.45, 2.75) is 0 Å². The summed E-state index contributed by atoms with van der Waals surface area (Å²) in [7, 11) is 2.06. The zero-order valence-electron chi connectivity index (χ0n) is 15.8. The first-order chi connectivity index (χ1) is 14.0. The number of carbonyl (C=O) groups is 2. The first-order valence-electron chi connectivity index (χ1n) is 9.07. The Kier molecular flexibility index (Phi) is 5.28. The first kappa shape index (κ1) is 19.1. The lowest BCUT2D eigenvalue weighted by atomic mass is 10.1. The van der Waals surface area contributed by atoms with Crippen molar-refractivity contribution in [3.63, 3.8) is 0 Å². The molecule has 0 radical (unpaired) electrons. The third-order valence-corrected chi connectivity index (χ3v) is 5.61. The third-order valence-electron chi connectivity index (χ3n) is 4.69. The molecule has 9 nitrogen and oxygen atoms in total. The van der Waals surface area contributed by atoms with E-state index in [-0.39, 0.29) is 11.9 Å². The molecule has 0 unspecified atom stereocenters. The van der Waals surface area contributed by atoms with Gasteiger partial charge in [-0.2, -0.15) is 0 Å². The number of hydrogen-bond donors (Lipinski definition) is 2. The molecular weight excluding hydrogens is 392 g/mol. The molecule has 1 saturated heterocycles. The molecule has 1 aliphatic heterocycles. The number of likely N-dealkylation sites (N-methyl/N-ethyl adjacent to an activating group) is 1. The van der Waals surface area contributed by atoms with Gasteiger partial charge in [0, 0.05) is 42.8 Å². The number of nitrogens with two attached hydrogens (primary N) is 1. The van der Waals surface area contributed by atoms with E-state index < -0.39 is 5.91 Å². The maximum Gasteiger partial charge on any atom is 0.320 e.